The van der Waals surface area contributed by atoms with Crippen molar-refractivity contribution in [3.63, 3.8) is 0 Å². The van der Waals surface area contributed by atoms with Gasteiger partial charge in [0.05, 0.1) is 0 Å². The molecule has 1 atom stereocenters. The predicted octanol–water partition coefficient (Wildman–Crippen LogP) is 1.28. The van der Waals surface area contributed by atoms with Crippen LogP contribution in [-0.4, -0.2) is 12.7 Å². The SMILES string of the molecule is CNC1(N=O)C=CC(N=O)=CC1. The predicted molar refractivity (Wildman–Crippen MR) is 45.2 cm³/mol. The highest BCUT2D eigenvalue weighted by atomic mass is 16.3. The smallest absolute Gasteiger partial charge is 0.175 e. The molecule has 5 nitrogen and oxygen atoms in total. The topological polar surface area (TPSA) is 70.9 Å². The molecular formula is C7H9N3O2. The number of rotatable bonds is 3. The average molecular weight is 167 g/mol. The molecule has 12 heavy (non-hydrogen) atoms. The number of hydrogen-bond donors (Lipinski definition) is 1. The molecule has 0 saturated carbocycles. The van der Waals surface area contributed by atoms with Gasteiger partial charge in [0.25, 0.3) is 0 Å². The zero-order valence-corrected chi connectivity index (χ0v) is 6.65. The van der Waals surface area contributed by atoms with Crippen molar-refractivity contribution in [1.29, 1.82) is 0 Å². The normalized spacial score (nSPS) is 27.9. The van der Waals surface area contributed by atoms with Crippen molar-refractivity contribution in [2.24, 2.45) is 10.4 Å². The molecule has 5 heteroatoms. The first-order valence-corrected chi connectivity index (χ1v) is 3.52. The molecule has 1 unspecified atom stereocenters. The Morgan fingerprint density at radius 3 is 2.67 bits per heavy atom. The first kappa shape index (κ1) is 8.73. The van der Waals surface area contributed by atoms with Gasteiger partial charge in [0.1, 0.15) is 5.70 Å². The monoisotopic (exact) mass is 167 g/mol. The molecule has 0 saturated heterocycles. The van der Waals surface area contributed by atoms with Crippen LogP contribution >= 0.6 is 0 Å². The molecule has 1 aliphatic carbocycles. The van der Waals surface area contributed by atoms with Gasteiger partial charge in [-0.2, -0.15) is 0 Å². The fraction of sp³-hybridized carbons (Fsp3) is 0.429. The number of hydrogen-bond acceptors (Lipinski definition) is 5. The number of nitrogens with zero attached hydrogens (tertiary/aromatic N) is 2. The van der Waals surface area contributed by atoms with Gasteiger partial charge in [0.15, 0.2) is 5.66 Å². The van der Waals surface area contributed by atoms with Crippen LogP contribution in [0.3, 0.4) is 0 Å². The van der Waals surface area contributed by atoms with Crippen molar-refractivity contribution in [3.8, 4) is 0 Å². The van der Waals surface area contributed by atoms with Gasteiger partial charge in [-0.05, 0) is 29.6 Å². The second-order valence-corrected chi connectivity index (χ2v) is 2.52. The zero-order chi connectivity index (χ0) is 9.03. The third-order valence-corrected chi connectivity index (χ3v) is 1.85. The molecule has 0 aliphatic heterocycles. The van der Waals surface area contributed by atoms with E-state index in [-0.39, 0.29) is 0 Å². The van der Waals surface area contributed by atoms with E-state index in [1.165, 1.54) is 12.2 Å². The Balaban J connectivity index is 2.80. The molecule has 0 spiro atoms. The molecule has 0 bridgehead atoms. The van der Waals surface area contributed by atoms with Gasteiger partial charge < -0.3 is 0 Å². The fourth-order valence-corrected chi connectivity index (χ4v) is 0.986. The Hall–Kier alpha value is -1.36. The summed E-state index contributed by atoms with van der Waals surface area (Å²) in [5, 5.41) is 8.42. The first-order valence-electron chi connectivity index (χ1n) is 3.52. The van der Waals surface area contributed by atoms with Gasteiger partial charge >= 0.3 is 0 Å². The van der Waals surface area contributed by atoms with Gasteiger partial charge in [-0.1, -0.05) is 6.08 Å². The van der Waals surface area contributed by atoms with E-state index in [1.54, 1.807) is 13.1 Å². The molecule has 1 N–H and O–H groups in total. The molecule has 0 aromatic rings. The van der Waals surface area contributed by atoms with Crippen molar-refractivity contribution in [2.45, 2.75) is 12.1 Å². The Morgan fingerprint density at radius 1 is 1.58 bits per heavy atom. The minimum Gasteiger partial charge on any atom is -0.290 e. The molecule has 1 rings (SSSR count). The summed E-state index contributed by atoms with van der Waals surface area (Å²) in [6.07, 6.45) is 4.96. The van der Waals surface area contributed by atoms with E-state index < -0.39 is 5.66 Å². The van der Waals surface area contributed by atoms with Gasteiger partial charge in [0, 0.05) is 6.42 Å². The standard InChI is InChI=1S/C7H9N3O2/c1-8-7(10-12)4-2-6(9-11)3-5-7/h2-4,8H,5H2,1H3. The minimum absolute atomic E-state index is 0.338. The Morgan fingerprint density at radius 2 is 2.33 bits per heavy atom. The highest BCUT2D eigenvalue weighted by molar-refractivity contribution is 5.27. The van der Waals surface area contributed by atoms with Crippen LogP contribution in [0.5, 0.6) is 0 Å². The Bertz CT molecular complexity index is 259. The summed E-state index contributed by atoms with van der Waals surface area (Å²) < 4.78 is 0. The second kappa shape index (κ2) is 3.36. The van der Waals surface area contributed by atoms with E-state index in [1.807, 2.05) is 0 Å². The fourth-order valence-electron chi connectivity index (χ4n) is 0.986. The number of allylic oxidation sites excluding steroid dienone is 1. The average Bonchev–Trinajstić information content (AvgIpc) is 2.18. The molecular weight excluding hydrogens is 158 g/mol. The molecule has 0 amide bonds. The summed E-state index contributed by atoms with van der Waals surface area (Å²) in [5.41, 5.74) is -0.557. The maximum atomic E-state index is 10.4. The zero-order valence-electron chi connectivity index (χ0n) is 6.65. The highest BCUT2D eigenvalue weighted by Gasteiger charge is 2.27. The summed E-state index contributed by atoms with van der Waals surface area (Å²) in [4.78, 5) is 20.5. The Labute approximate surface area is 69.5 Å². The number of nitrogens with one attached hydrogen (secondary N) is 1. The molecule has 64 valence electrons. The van der Waals surface area contributed by atoms with Crippen molar-refractivity contribution in [3.05, 3.63) is 33.7 Å². The van der Waals surface area contributed by atoms with Crippen molar-refractivity contribution >= 4 is 0 Å². The van der Waals surface area contributed by atoms with Crippen LogP contribution < -0.4 is 5.32 Å². The molecule has 0 radical (unpaired) electrons. The van der Waals surface area contributed by atoms with Gasteiger partial charge in [-0.3, -0.25) is 5.32 Å². The summed E-state index contributed by atoms with van der Waals surface area (Å²) >= 11 is 0. The van der Waals surface area contributed by atoms with Crippen LogP contribution in [0.15, 0.2) is 34.3 Å². The maximum Gasteiger partial charge on any atom is 0.175 e. The van der Waals surface area contributed by atoms with Gasteiger partial charge in [0.2, 0.25) is 0 Å². The lowest BCUT2D eigenvalue weighted by molar-refractivity contribution is 0.453. The summed E-state index contributed by atoms with van der Waals surface area (Å²) in [5.74, 6) is 0. The molecule has 0 heterocycles. The van der Waals surface area contributed by atoms with E-state index in [9.17, 15) is 9.81 Å². The lowest BCUT2D eigenvalue weighted by Gasteiger charge is -2.22. The van der Waals surface area contributed by atoms with Crippen LogP contribution in [0.25, 0.3) is 0 Å². The molecule has 0 fully saturated rings. The third kappa shape index (κ3) is 1.45. The highest BCUT2D eigenvalue weighted by Crippen LogP contribution is 2.21. The van der Waals surface area contributed by atoms with E-state index in [0.717, 1.165) is 0 Å². The van der Waals surface area contributed by atoms with Crippen molar-refractivity contribution < 1.29 is 0 Å². The van der Waals surface area contributed by atoms with Crippen molar-refractivity contribution in [1.82, 2.24) is 5.32 Å². The number of nitroso groups, excluding NO2 is 2. The molecule has 0 aromatic heterocycles. The quantitative estimate of drug-likeness (QED) is 0.643. The van der Waals surface area contributed by atoms with E-state index >= 15 is 0 Å². The van der Waals surface area contributed by atoms with Gasteiger partial charge in [-0.25, -0.2) is 0 Å². The van der Waals surface area contributed by atoms with Crippen LogP contribution in [-0.2, 0) is 0 Å². The summed E-state index contributed by atoms with van der Waals surface area (Å²) in [6, 6.07) is 0. The van der Waals surface area contributed by atoms with Crippen LogP contribution in [0.4, 0.5) is 0 Å². The van der Waals surface area contributed by atoms with Crippen LogP contribution in [0.1, 0.15) is 6.42 Å². The Kier molecular flexibility index (Phi) is 2.44. The van der Waals surface area contributed by atoms with Crippen molar-refractivity contribution in [2.75, 3.05) is 7.05 Å². The number of likely N-dealkylation sites (N-methyl/N-ethyl adjacent to an activating group) is 1. The largest absolute Gasteiger partial charge is 0.290 e. The molecule has 1 aliphatic rings. The molecule has 0 aromatic carbocycles. The van der Waals surface area contributed by atoms with Gasteiger partial charge in [-0.15, -0.1) is 9.81 Å². The second-order valence-electron chi connectivity index (χ2n) is 2.52. The minimum atomic E-state index is -0.895. The van der Waals surface area contributed by atoms with E-state index in [2.05, 4.69) is 15.7 Å². The first-order chi connectivity index (χ1) is 5.76. The van der Waals surface area contributed by atoms with E-state index in [0.29, 0.717) is 12.1 Å². The lowest BCUT2D eigenvalue weighted by atomic mass is 10.0. The summed E-state index contributed by atoms with van der Waals surface area (Å²) in [7, 11) is 1.64. The third-order valence-electron chi connectivity index (χ3n) is 1.85. The van der Waals surface area contributed by atoms with Crippen LogP contribution in [0, 0.1) is 9.81 Å². The van der Waals surface area contributed by atoms with E-state index in [4.69, 9.17) is 0 Å². The maximum absolute atomic E-state index is 10.4. The van der Waals surface area contributed by atoms with Crippen LogP contribution in [0.2, 0.25) is 0 Å². The lowest BCUT2D eigenvalue weighted by Crippen LogP contribution is -2.38. The summed E-state index contributed by atoms with van der Waals surface area (Å²) in [6.45, 7) is 0.